The molecule has 0 saturated heterocycles. The van der Waals surface area contributed by atoms with Crippen LogP contribution in [0.1, 0.15) is 27.0 Å². The Morgan fingerprint density at radius 3 is 2.55 bits per heavy atom. The zero-order valence-corrected chi connectivity index (χ0v) is 17.4. The molecule has 31 heavy (non-hydrogen) atoms. The van der Waals surface area contributed by atoms with Crippen molar-refractivity contribution in [2.75, 3.05) is 11.9 Å². The van der Waals surface area contributed by atoms with Crippen molar-refractivity contribution in [3.05, 3.63) is 105 Å². The highest BCUT2D eigenvalue weighted by Gasteiger charge is 2.32. The van der Waals surface area contributed by atoms with Crippen LogP contribution in [0.25, 0.3) is 6.08 Å². The van der Waals surface area contributed by atoms with E-state index in [1.54, 1.807) is 25.2 Å². The van der Waals surface area contributed by atoms with Crippen LogP contribution in [-0.2, 0) is 11.2 Å². The predicted molar refractivity (Wildman–Crippen MR) is 121 cm³/mol. The fourth-order valence-corrected chi connectivity index (χ4v) is 3.55. The van der Waals surface area contributed by atoms with E-state index in [1.807, 2.05) is 30.3 Å². The molecule has 0 N–H and O–H groups in total. The molecule has 3 aromatic carbocycles. The molecule has 5 heteroatoms. The molecule has 1 heterocycles. The molecular weight excluding hydrogens is 413 g/mol. The van der Waals surface area contributed by atoms with E-state index in [0.717, 1.165) is 5.56 Å². The molecule has 0 saturated carbocycles. The van der Waals surface area contributed by atoms with Crippen LogP contribution < -0.4 is 4.90 Å². The molecule has 1 amide bonds. The molecule has 1 aliphatic heterocycles. The molecule has 4 rings (SSSR count). The Morgan fingerprint density at radius 1 is 1.03 bits per heavy atom. The zero-order chi connectivity index (χ0) is 22.0. The Bertz CT molecular complexity index is 1290. The first-order valence-electron chi connectivity index (χ1n) is 9.60. The number of carbonyl (C=O) groups is 2. The molecule has 0 fully saturated rings. The number of halogens is 2. The molecule has 0 aliphatic carbocycles. The van der Waals surface area contributed by atoms with Gasteiger partial charge in [0.1, 0.15) is 5.82 Å². The van der Waals surface area contributed by atoms with Crippen LogP contribution in [0, 0.1) is 17.7 Å². The second-order valence-corrected chi connectivity index (χ2v) is 7.53. The summed E-state index contributed by atoms with van der Waals surface area (Å²) in [4.78, 5) is 27.3. The molecule has 0 aromatic heterocycles. The van der Waals surface area contributed by atoms with E-state index in [-0.39, 0.29) is 10.6 Å². The summed E-state index contributed by atoms with van der Waals surface area (Å²) in [5.74, 6) is 4.81. The number of likely N-dealkylation sites (N-methyl/N-ethyl adjacent to an activating group) is 1. The summed E-state index contributed by atoms with van der Waals surface area (Å²) in [5, 5.41) is -0.0743. The number of ketones is 1. The lowest BCUT2D eigenvalue weighted by atomic mass is 9.92. The summed E-state index contributed by atoms with van der Waals surface area (Å²) in [6.07, 6.45) is 2.03. The van der Waals surface area contributed by atoms with Crippen LogP contribution in [0.15, 0.2) is 72.3 Å². The second-order valence-electron chi connectivity index (χ2n) is 7.12. The third-order valence-corrected chi connectivity index (χ3v) is 5.29. The number of Topliss-reactive ketones (excluding diaryl/α,β-unsaturated/α-hetero) is 1. The summed E-state index contributed by atoms with van der Waals surface area (Å²) in [6, 6.07) is 19.2. The van der Waals surface area contributed by atoms with Crippen LogP contribution >= 0.6 is 11.6 Å². The predicted octanol–water partition coefficient (Wildman–Crippen LogP) is 5.32. The van der Waals surface area contributed by atoms with Gasteiger partial charge in [0.2, 0.25) is 5.78 Å². The first-order valence-corrected chi connectivity index (χ1v) is 9.98. The minimum atomic E-state index is -0.564. The molecule has 1 aliphatic rings. The van der Waals surface area contributed by atoms with Gasteiger partial charge in [0.05, 0.1) is 16.3 Å². The van der Waals surface area contributed by atoms with E-state index in [1.165, 1.54) is 29.2 Å². The van der Waals surface area contributed by atoms with Crippen LogP contribution in [0.3, 0.4) is 0 Å². The monoisotopic (exact) mass is 429 g/mol. The Hall–Kier alpha value is -3.68. The number of nitrogens with zero attached hydrogens (tertiary/aromatic N) is 1. The maximum atomic E-state index is 13.4. The van der Waals surface area contributed by atoms with Crippen LogP contribution in [-0.4, -0.2) is 18.7 Å². The minimum Gasteiger partial charge on any atom is -0.311 e. The van der Waals surface area contributed by atoms with Crippen LogP contribution in [0.4, 0.5) is 10.1 Å². The summed E-state index contributed by atoms with van der Waals surface area (Å²) in [6.45, 7) is 0. The van der Waals surface area contributed by atoms with Gasteiger partial charge in [-0.1, -0.05) is 59.8 Å². The molecule has 3 aromatic rings. The Balaban J connectivity index is 1.67. The molecule has 0 radical (unpaired) electrons. The van der Waals surface area contributed by atoms with Gasteiger partial charge < -0.3 is 4.90 Å². The second kappa shape index (κ2) is 8.59. The van der Waals surface area contributed by atoms with Crippen molar-refractivity contribution in [2.24, 2.45) is 0 Å². The molecule has 0 unspecified atom stereocenters. The lowest BCUT2D eigenvalue weighted by Crippen LogP contribution is -2.36. The fraction of sp³-hybridized carbons (Fsp3) is 0.0769. The number of anilines is 1. The highest BCUT2D eigenvalue weighted by atomic mass is 35.5. The van der Waals surface area contributed by atoms with Crippen molar-refractivity contribution < 1.29 is 14.0 Å². The van der Waals surface area contributed by atoms with Crippen molar-refractivity contribution in [3.8, 4) is 11.8 Å². The quantitative estimate of drug-likeness (QED) is 0.314. The summed E-state index contributed by atoms with van der Waals surface area (Å²) in [7, 11) is 1.61. The Labute approximate surface area is 184 Å². The summed E-state index contributed by atoms with van der Waals surface area (Å²) < 4.78 is 13.4. The van der Waals surface area contributed by atoms with Gasteiger partial charge in [-0.3, -0.25) is 9.59 Å². The maximum Gasteiger partial charge on any atom is 0.262 e. The number of carbonyl (C=O) groups excluding carboxylic acids is 2. The average molecular weight is 430 g/mol. The lowest BCUT2D eigenvalue weighted by Gasteiger charge is -2.26. The van der Waals surface area contributed by atoms with Crippen molar-refractivity contribution in [1.82, 2.24) is 0 Å². The average Bonchev–Trinajstić information content (AvgIpc) is 2.78. The van der Waals surface area contributed by atoms with Gasteiger partial charge in [0.25, 0.3) is 5.91 Å². The third-order valence-electron chi connectivity index (χ3n) is 5.00. The van der Waals surface area contributed by atoms with Gasteiger partial charge in [-0.25, -0.2) is 4.39 Å². The Morgan fingerprint density at radius 2 is 1.81 bits per heavy atom. The van der Waals surface area contributed by atoms with E-state index in [9.17, 15) is 14.0 Å². The Kier molecular flexibility index (Phi) is 5.70. The highest BCUT2D eigenvalue weighted by molar-refractivity contribution is 6.36. The number of hydrogen-bond donors (Lipinski definition) is 0. The van der Waals surface area contributed by atoms with Crippen LogP contribution in [0.5, 0.6) is 0 Å². The van der Waals surface area contributed by atoms with Crippen molar-refractivity contribution in [2.45, 2.75) is 6.42 Å². The number of hydrogen-bond acceptors (Lipinski definition) is 2. The van der Waals surface area contributed by atoms with Crippen molar-refractivity contribution >= 4 is 35.1 Å². The molecule has 0 bridgehead atoms. The van der Waals surface area contributed by atoms with Crippen LogP contribution in [0.2, 0.25) is 5.02 Å². The zero-order valence-electron chi connectivity index (χ0n) is 16.7. The summed E-state index contributed by atoms with van der Waals surface area (Å²) >= 11 is 5.83. The smallest absolute Gasteiger partial charge is 0.262 e. The fourth-order valence-electron chi connectivity index (χ4n) is 3.36. The van der Waals surface area contributed by atoms with Gasteiger partial charge in [0.15, 0.2) is 0 Å². The third kappa shape index (κ3) is 4.28. The topological polar surface area (TPSA) is 37.4 Å². The largest absolute Gasteiger partial charge is 0.311 e. The SMILES string of the molecule is CN1C(=O)C(=Cc2ccc(F)c(Cl)c2)C(=O)c2cc(C#CCc3ccccc3)ccc21. The van der Waals surface area contributed by atoms with Gasteiger partial charge >= 0.3 is 0 Å². The van der Waals surface area contributed by atoms with E-state index in [2.05, 4.69) is 11.8 Å². The molecule has 0 atom stereocenters. The van der Waals surface area contributed by atoms with E-state index in [0.29, 0.717) is 28.8 Å². The van der Waals surface area contributed by atoms with Gasteiger partial charge in [0, 0.05) is 24.6 Å². The molecule has 3 nitrogen and oxygen atoms in total. The molecule has 0 spiro atoms. The number of fused-ring (bicyclic) bond motifs is 1. The normalized spacial score (nSPS) is 14.3. The maximum absolute atomic E-state index is 13.4. The van der Waals surface area contributed by atoms with Gasteiger partial charge in [-0.05, 0) is 47.5 Å². The molecular formula is C26H17ClFNO2. The first kappa shape index (κ1) is 20.6. The van der Waals surface area contributed by atoms with Crippen molar-refractivity contribution in [1.29, 1.82) is 0 Å². The van der Waals surface area contributed by atoms with E-state index in [4.69, 9.17) is 11.6 Å². The van der Waals surface area contributed by atoms with Gasteiger partial charge in [-0.15, -0.1) is 0 Å². The van der Waals surface area contributed by atoms with Gasteiger partial charge in [-0.2, -0.15) is 0 Å². The standard InChI is InChI=1S/C26H17ClFNO2/c1-29-24-13-11-18(9-5-8-17-6-3-2-4-7-17)14-20(24)25(30)21(26(29)31)15-19-10-12-23(28)22(27)16-19/h2-4,6-7,10-16H,8H2,1H3. The lowest BCUT2D eigenvalue weighted by molar-refractivity contribution is -0.114. The minimum absolute atomic E-state index is 0.00734. The highest BCUT2D eigenvalue weighted by Crippen LogP contribution is 2.31. The number of rotatable bonds is 2. The number of benzene rings is 3. The first-order chi connectivity index (χ1) is 14.9. The molecule has 152 valence electrons. The van der Waals surface area contributed by atoms with Crippen molar-refractivity contribution in [3.63, 3.8) is 0 Å². The van der Waals surface area contributed by atoms with E-state index >= 15 is 0 Å². The summed E-state index contributed by atoms with van der Waals surface area (Å²) in [5.41, 5.74) is 3.18. The number of amides is 1. The van der Waals surface area contributed by atoms with E-state index < -0.39 is 17.5 Å².